The van der Waals surface area contributed by atoms with Crippen LogP contribution in [0.4, 0.5) is 0 Å². The summed E-state index contributed by atoms with van der Waals surface area (Å²) < 4.78 is 5.54. The van der Waals surface area contributed by atoms with Crippen LogP contribution in [0.2, 0.25) is 0 Å². The summed E-state index contributed by atoms with van der Waals surface area (Å²) in [5.74, 6) is 0.228. The van der Waals surface area contributed by atoms with Crippen LogP contribution in [0, 0.1) is 5.41 Å². The smallest absolute Gasteiger partial charge is 0.176 e. The summed E-state index contributed by atoms with van der Waals surface area (Å²) in [6.45, 7) is 8.32. The van der Waals surface area contributed by atoms with E-state index < -0.39 is 5.60 Å². The summed E-state index contributed by atoms with van der Waals surface area (Å²) in [6.07, 6.45) is 1.74. The van der Waals surface area contributed by atoms with Crippen LogP contribution < -0.4 is 0 Å². The minimum atomic E-state index is -0.504. The quantitative estimate of drug-likeness (QED) is 0.512. The molecule has 1 saturated carbocycles. The van der Waals surface area contributed by atoms with Gasteiger partial charge in [-0.05, 0) is 26.7 Å². The molecule has 0 radical (unpaired) electrons. The molecule has 2 fully saturated rings. The van der Waals surface area contributed by atoms with E-state index in [4.69, 9.17) is 4.74 Å². The molecule has 0 N–H and O–H groups in total. The molecular formula is C10H14O2. The fraction of sp³-hybridized carbons (Fsp3) is 0.700. The Balaban J connectivity index is 2.47. The number of Topliss-reactive ketones (excluding diaryl/α,β-unsaturated/α-hetero) is 1. The van der Waals surface area contributed by atoms with Gasteiger partial charge in [0.15, 0.2) is 5.78 Å². The molecule has 2 nitrogen and oxygen atoms in total. The van der Waals surface area contributed by atoms with E-state index in [9.17, 15) is 4.79 Å². The molecule has 0 aromatic rings. The first-order valence-corrected chi connectivity index (χ1v) is 4.36. The lowest BCUT2D eigenvalue weighted by Gasteiger charge is -2.32. The van der Waals surface area contributed by atoms with E-state index in [1.54, 1.807) is 0 Å². The standard InChI is InChI=1S/C10H14O2/c1-7-4-5-10(3)8(11)9(7,2)6-12-10/h1,4-6H2,2-3H3/t9-,10+/m0/s1. The van der Waals surface area contributed by atoms with Crippen LogP contribution in [0.25, 0.3) is 0 Å². The Kier molecular flexibility index (Phi) is 1.33. The summed E-state index contributed by atoms with van der Waals surface area (Å²) in [5.41, 5.74) is 0.158. The minimum absolute atomic E-state index is 0.228. The molecule has 2 aliphatic rings. The molecular weight excluding hydrogens is 152 g/mol. The maximum Gasteiger partial charge on any atom is 0.176 e. The van der Waals surface area contributed by atoms with Crippen LogP contribution in [-0.2, 0) is 9.53 Å². The van der Waals surface area contributed by atoms with E-state index in [2.05, 4.69) is 6.58 Å². The predicted molar refractivity (Wildman–Crippen MR) is 45.8 cm³/mol. The van der Waals surface area contributed by atoms with Crippen molar-refractivity contribution in [2.45, 2.75) is 32.3 Å². The maximum absolute atomic E-state index is 11.9. The van der Waals surface area contributed by atoms with Crippen LogP contribution >= 0.6 is 0 Å². The Morgan fingerprint density at radius 2 is 2.17 bits per heavy atom. The van der Waals surface area contributed by atoms with E-state index in [0.717, 1.165) is 18.4 Å². The van der Waals surface area contributed by atoms with Gasteiger partial charge in [-0.15, -0.1) is 0 Å². The molecule has 0 spiro atoms. The highest BCUT2D eigenvalue weighted by Crippen LogP contribution is 2.48. The third-order valence-corrected chi connectivity index (χ3v) is 3.35. The number of carbonyl (C=O) groups is 1. The Labute approximate surface area is 72.6 Å². The molecule has 2 rings (SSSR count). The van der Waals surface area contributed by atoms with E-state index in [-0.39, 0.29) is 11.2 Å². The fourth-order valence-electron chi connectivity index (χ4n) is 2.13. The van der Waals surface area contributed by atoms with Crippen molar-refractivity contribution in [2.75, 3.05) is 6.61 Å². The lowest BCUT2D eigenvalue weighted by Crippen LogP contribution is -2.43. The van der Waals surface area contributed by atoms with E-state index >= 15 is 0 Å². The molecule has 1 aliphatic carbocycles. The third-order valence-electron chi connectivity index (χ3n) is 3.35. The summed E-state index contributed by atoms with van der Waals surface area (Å²) in [4.78, 5) is 11.9. The molecule has 12 heavy (non-hydrogen) atoms. The molecule has 2 heteroatoms. The van der Waals surface area contributed by atoms with Crippen molar-refractivity contribution in [3.8, 4) is 0 Å². The molecule has 1 aliphatic heterocycles. The molecule has 2 atom stereocenters. The van der Waals surface area contributed by atoms with Crippen molar-refractivity contribution in [1.29, 1.82) is 0 Å². The van der Waals surface area contributed by atoms with Crippen molar-refractivity contribution in [3.05, 3.63) is 12.2 Å². The number of fused-ring (bicyclic) bond motifs is 2. The molecule has 0 amide bonds. The minimum Gasteiger partial charge on any atom is -0.366 e. The van der Waals surface area contributed by atoms with Gasteiger partial charge in [0.2, 0.25) is 0 Å². The van der Waals surface area contributed by atoms with Crippen LogP contribution in [0.3, 0.4) is 0 Å². The van der Waals surface area contributed by atoms with Crippen molar-refractivity contribution in [3.63, 3.8) is 0 Å². The molecule has 66 valence electrons. The van der Waals surface area contributed by atoms with Gasteiger partial charge in [-0.3, -0.25) is 4.79 Å². The maximum atomic E-state index is 11.9. The molecule has 0 aromatic heterocycles. The number of carbonyl (C=O) groups excluding carboxylic acids is 1. The average Bonchev–Trinajstić information content (AvgIpc) is 2.19. The summed E-state index contributed by atoms with van der Waals surface area (Å²) in [5, 5.41) is 0. The van der Waals surface area contributed by atoms with E-state index in [0.29, 0.717) is 6.61 Å². The van der Waals surface area contributed by atoms with Gasteiger partial charge in [0, 0.05) is 0 Å². The zero-order chi connectivity index (χ0) is 8.98. The SMILES string of the molecule is C=C1CC[C@@]2(C)OC[C@]1(C)C2=O. The number of ether oxygens (including phenoxy) is 1. The summed E-state index contributed by atoms with van der Waals surface area (Å²) in [6, 6.07) is 0. The van der Waals surface area contributed by atoms with Gasteiger partial charge in [-0.2, -0.15) is 0 Å². The van der Waals surface area contributed by atoms with Gasteiger partial charge < -0.3 is 4.74 Å². The molecule has 0 aromatic carbocycles. The number of rotatable bonds is 0. The number of ketones is 1. The van der Waals surface area contributed by atoms with Crippen LogP contribution in [0.1, 0.15) is 26.7 Å². The number of hydrogen-bond donors (Lipinski definition) is 0. The summed E-state index contributed by atoms with van der Waals surface area (Å²) >= 11 is 0. The second kappa shape index (κ2) is 1.99. The average molecular weight is 166 g/mol. The molecule has 1 saturated heterocycles. The molecule has 1 heterocycles. The Morgan fingerprint density at radius 1 is 1.50 bits per heavy atom. The monoisotopic (exact) mass is 166 g/mol. The van der Waals surface area contributed by atoms with Gasteiger partial charge in [0.05, 0.1) is 12.0 Å². The number of hydrogen-bond acceptors (Lipinski definition) is 2. The van der Waals surface area contributed by atoms with Crippen molar-refractivity contribution in [1.82, 2.24) is 0 Å². The Morgan fingerprint density at radius 3 is 2.75 bits per heavy atom. The molecule has 2 bridgehead atoms. The fourth-order valence-corrected chi connectivity index (χ4v) is 2.13. The summed E-state index contributed by atoms with van der Waals surface area (Å²) in [7, 11) is 0. The molecule has 0 unspecified atom stereocenters. The predicted octanol–water partition coefficient (Wildman–Crippen LogP) is 1.70. The third kappa shape index (κ3) is 0.712. The highest BCUT2D eigenvalue weighted by atomic mass is 16.5. The zero-order valence-electron chi connectivity index (χ0n) is 7.64. The second-order valence-electron chi connectivity index (χ2n) is 4.28. The first kappa shape index (κ1) is 7.99. The lowest BCUT2D eigenvalue weighted by atomic mass is 9.68. The first-order chi connectivity index (χ1) is 5.49. The highest BCUT2D eigenvalue weighted by Gasteiger charge is 2.57. The van der Waals surface area contributed by atoms with E-state index in [1.807, 2.05) is 13.8 Å². The van der Waals surface area contributed by atoms with Crippen LogP contribution in [0.15, 0.2) is 12.2 Å². The Bertz CT molecular complexity index is 269. The Hall–Kier alpha value is -0.630. The van der Waals surface area contributed by atoms with E-state index in [1.165, 1.54) is 0 Å². The van der Waals surface area contributed by atoms with Crippen LogP contribution in [0.5, 0.6) is 0 Å². The van der Waals surface area contributed by atoms with Gasteiger partial charge in [0.25, 0.3) is 0 Å². The largest absolute Gasteiger partial charge is 0.366 e. The zero-order valence-corrected chi connectivity index (χ0v) is 7.64. The van der Waals surface area contributed by atoms with Gasteiger partial charge in [-0.25, -0.2) is 0 Å². The van der Waals surface area contributed by atoms with Crippen molar-refractivity contribution >= 4 is 5.78 Å². The topological polar surface area (TPSA) is 26.3 Å². The van der Waals surface area contributed by atoms with Gasteiger partial charge in [-0.1, -0.05) is 12.2 Å². The van der Waals surface area contributed by atoms with Crippen molar-refractivity contribution < 1.29 is 9.53 Å². The van der Waals surface area contributed by atoms with Crippen LogP contribution in [-0.4, -0.2) is 18.0 Å². The highest BCUT2D eigenvalue weighted by molar-refractivity contribution is 5.97. The first-order valence-electron chi connectivity index (χ1n) is 4.36. The normalized spacial score (nSPS) is 46.8. The lowest BCUT2D eigenvalue weighted by molar-refractivity contribution is -0.135. The second-order valence-corrected chi connectivity index (χ2v) is 4.28. The van der Waals surface area contributed by atoms with Crippen molar-refractivity contribution in [2.24, 2.45) is 5.41 Å². The van der Waals surface area contributed by atoms with Gasteiger partial charge in [0.1, 0.15) is 5.60 Å². The van der Waals surface area contributed by atoms with Gasteiger partial charge >= 0.3 is 0 Å².